The molecule has 0 aliphatic heterocycles. The molecule has 19 heavy (non-hydrogen) atoms. The maximum absolute atomic E-state index is 11.9. The molecule has 5 heteroatoms. The third-order valence-corrected chi connectivity index (χ3v) is 3.75. The van der Waals surface area contributed by atoms with Crippen LogP contribution in [-0.2, 0) is 0 Å². The number of benzene rings is 1. The molecule has 0 radical (unpaired) electrons. The van der Waals surface area contributed by atoms with Gasteiger partial charge in [0.15, 0.2) is 17.3 Å². The van der Waals surface area contributed by atoms with Gasteiger partial charge in [0.1, 0.15) is 0 Å². The molecule has 1 saturated carbocycles. The Labute approximate surface area is 121 Å². The molecule has 0 amide bonds. The summed E-state index contributed by atoms with van der Waals surface area (Å²) >= 11 is 3.41. The van der Waals surface area contributed by atoms with Crippen molar-refractivity contribution in [3.8, 4) is 11.5 Å². The summed E-state index contributed by atoms with van der Waals surface area (Å²) in [4.78, 5) is 11.9. The number of carbonyl (C=O) groups is 1. The van der Waals surface area contributed by atoms with Crippen molar-refractivity contribution in [2.75, 3.05) is 20.3 Å². The largest absolute Gasteiger partial charge is 0.493 e. The smallest absolute Gasteiger partial charge is 0.165 e. The van der Waals surface area contributed by atoms with Crippen LogP contribution >= 0.6 is 15.9 Å². The van der Waals surface area contributed by atoms with E-state index in [2.05, 4.69) is 15.9 Å². The highest BCUT2D eigenvalue weighted by Gasteiger charge is 2.23. The topological polar surface area (TPSA) is 61.5 Å². The number of rotatable bonds is 7. The molecule has 0 saturated heterocycles. The Hall–Kier alpha value is -1.07. The highest BCUT2D eigenvalue weighted by atomic mass is 79.9. The van der Waals surface area contributed by atoms with E-state index in [0.717, 1.165) is 4.47 Å². The second-order valence-corrected chi connectivity index (χ2v) is 5.55. The van der Waals surface area contributed by atoms with Crippen molar-refractivity contribution in [3.05, 3.63) is 22.2 Å². The van der Waals surface area contributed by atoms with Crippen molar-refractivity contribution in [2.45, 2.75) is 19.3 Å². The van der Waals surface area contributed by atoms with Crippen molar-refractivity contribution in [3.63, 3.8) is 0 Å². The Bertz CT molecular complexity index is 472. The summed E-state index contributed by atoms with van der Waals surface area (Å²) in [6.45, 7) is 1.05. The summed E-state index contributed by atoms with van der Waals surface area (Å²) in [5.41, 5.74) is 6.00. The van der Waals surface area contributed by atoms with E-state index in [-0.39, 0.29) is 5.78 Å². The molecule has 0 atom stereocenters. The van der Waals surface area contributed by atoms with Crippen molar-refractivity contribution < 1.29 is 14.3 Å². The number of methoxy groups -OCH3 is 1. The minimum Gasteiger partial charge on any atom is -0.493 e. The van der Waals surface area contributed by atoms with Gasteiger partial charge in [0.25, 0.3) is 0 Å². The lowest BCUT2D eigenvalue weighted by molar-refractivity contribution is 0.0984. The summed E-state index contributed by atoms with van der Waals surface area (Å²) in [6.07, 6.45) is 2.79. The van der Waals surface area contributed by atoms with Crippen LogP contribution in [0.4, 0.5) is 0 Å². The zero-order chi connectivity index (χ0) is 13.8. The number of hydrogen-bond acceptors (Lipinski definition) is 4. The number of carbonyl (C=O) groups excluding carboxylic acids is 1. The zero-order valence-electron chi connectivity index (χ0n) is 10.9. The van der Waals surface area contributed by atoms with Gasteiger partial charge in [-0.3, -0.25) is 4.79 Å². The first-order valence-electron chi connectivity index (χ1n) is 6.39. The second-order valence-electron chi connectivity index (χ2n) is 4.70. The van der Waals surface area contributed by atoms with Crippen LogP contribution in [0, 0.1) is 5.92 Å². The number of ether oxygens (including phenoxy) is 2. The molecular weight excluding hydrogens is 310 g/mol. The Morgan fingerprint density at radius 2 is 2.16 bits per heavy atom. The molecule has 1 aromatic rings. The van der Waals surface area contributed by atoms with Crippen LogP contribution in [-0.4, -0.2) is 26.0 Å². The molecule has 4 nitrogen and oxygen atoms in total. The summed E-state index contributed by atoms with van der Waals surface area (Å²) in [6, 6.07) is 3.51. The molecule has 0 bridgehead atoms. The fourth-order valence-electron chi connectivity index (χ4n) is 1.78. The molecule has 2 rings (SSSR count). The number of nitrogens with two attached hydrogens (primary N) is 1. The Kier molecular flexibility index (Phi) is 4.82. The summed E-state index contributed by atoms with van der Waals surface area (Å²) < 4.78 is 11.7. The van der Waals surface area contributed by atoms with E-state index >= 15 is 0 Å². The first-order chi connectivity index (χ1) is 9.15. The highest BCUT2D eigenvalue weighted by Crippen LogP contribution is 2.36. The SMILES string of the molecule is COc1cc(C(=O)CCN)c(Br)cc1OCC1CC1. The summed E-state index contributed by atoms with van der Waals surface area (Å²) in [7, 11) is 1.57. The van der Waals surface area contributed by atoms with Crippen LogP contribution < -0.4 is 15.2 Å². The fraction of sp³-hybridized carbons (Fsp3) is 0.500. The Morgan fingerprint density at radius 3 is 2.74 bits per heavy atom. The normalized spacial score (nSPS) is 14.3. The number of ketones is 1. The average Bonchev–Trinajstić information content (AvgIpc) is 3.20. The van der Waals surface area contributed by atoms with Gasteiger partial charge in [0.2, 0.25) is 0 Å². The fourth-order valence-corrected chi connectivity index (χ4v) is 2.32. The first kappa shape index (κ1) is 14.3. The van der Waals surface area contributed by atoms with E-state index in [0.29, 0.717) is 42.6 Å². The van der Waals surface area contributed by atoms with Gasteiger partial charge in [-0.25, -0.2) is 0 Å². The van der Waals surface area contributed by atoms with Crippen LogP contribution in [0.1, 0.15) is 29.6 Å². The third-order valence-electron chi connectivity index (χ3n) is 3.10. The van der Waals surface area contributed by atoms with E-state index in [1.165, 1.54) is 12.8 Å². The molecule has 1 aliphatic rings. The van der Waals surface area contributed by atoms with Gasteiger partial charge in [-0.2, -0.15) is 0 Å². The van der Waals surface area contributed by atoms with Crippen LogP contribution in [0.15, 0.2) is 16.6 Å². The van der Waals surface area contributed by atoms with Crippen molar-refractivity contribution in [1.82, 2.24) is 0 Å². The number of halogens is 1. The van der Waals surface area contributed by atoms with E-state index in [1.54, 1.807) is 19.2 Å². The molecule has 0 spiro atoms. The molecule has 104 valence electrons. The standard InChI is InChI=1S/C14H18BrNO3/c1-18-13-6-10(12(17)4-5-16)11(15)7-14(13)19-8-9-2-3-9/h6-7,9H,2-5,8,16H2,1H3. The lowest BCUT2D eigenvalue weighted by Gasteiger charge is -2.13. The number of hydrogen-bond donors (Lipinski definition) is 1. The third kappa shape index (κ3) is 3.70. The van der Waals surface area contributed by atoms with Gasteiger partial charge >= 0.3 is 0 Å². The number of Topliss-reactive ketones (excluding diaryl/α,β-unsaturated/α-hetero) is 1. The predicted molar refractivity (Wildman–Crippen MR) is 76.9 cm³/mol. The van der Waals surface area contributed by atoms with Crippen LogP contribution in [0.25, 0.3) is 0 Å². The van der Waals surface area contributed by atoms with Crippen LogP contribution in [0.3, 0.4) is 0 Å². The molecule has 2 N–H and O–H groups in total. The summed E-state index contributed by atoms with van der Waals surface area (Å²) in [5.74, 6) is 1.93. The summed E-state index contributed by atoms with van der Waals surface area (Å²) in [5, 5.41) is 0. The van der Waals surface area contributed by atoms with Gasteiger partial charge < -0.3 is 15.2 Å². The lowest BCUT2D eigenvalue weighted by atomic mass is 10.1. The minimum atomic E-state index is 0.00131. The lowest BCUT2D eigenvalue weighted by Crippen LogP contribution is -2.09. The van der Waals surface area contributed by atoms with Crippen molar-refractivity contribution in [1.29, 1.82) is 0 Å². The van der Waals surface area contributed by atoms with Gasteiger partial charge in [-0.05, 0) is 53.4 Å². The van der Waals surface area contributed by atoms with E-state index in [9.17, 15) is 4.79 Å². The monoisotopic (exact) mass is 327 g/mol. The maximum Gasteiger partial charge on any atom is 0.165 e. The van der Waals surface area contributed by atoms with E-state index in [4.69, 9.17) is 15.2 Å². The maximum atomic E-state index is 11.9. The zero-order valence-corrected chi connectivity index (χ0v) is 12.5. The second kappa shape index (κ2) is 6.39. The van der Waals surface area contributed by atoms with Gasteiger partial charge in [-0.1, -0.05) is 0 Å². The first-order valence-corrected chi connectivity index (χ1v) is 7.18. The molecule has 1 aromatic carbocycles. The Morgan fingerprint density at radius 1 is 1.42 bits per heavy atom. The van der Waals surface area contributed by atoms with Crippen LogP contribution in [0.5, 0.6) is 11.5 Å². The quantitative estimate of drug-likeness (QED) is 0.782. The van der Waals surface area contributed by atoms with Crippen LogP contribution in [0.2, 0.25) is 0 Å². The molecule has 0 heterocycles. The molecule has 0 unspecified atom stereocenters. The Balaban J connectivity index is 2.19. The minimum absolute atomic E-state index is 0.00131. The molecule has 1 aliphatic carbocycles. The van der Waals surface area contributed by atoms with Gasteiger partial charge in [0, 0.05) is 16.5 Å². The van der Waals surface area contributed by atoms with E-state index < -0.39 is 0 Å². The highest BCUT2D eigenvalue weighted by molar-refractivity contribution is 9.10. The predicted octanol–water partition coefficient (Wildman–Crippen LogP) is 2.78. The molecular formula is C14H18BrNO3. The van der Waals surface area contributed by atoms with Gasteiger partial charge in [0.05, 0.1) is 13.7 Å². The van der Waals surface area contributed by atoms with E-state index in [1.807, 2.05) is 0 Å². The van der Waals surface area contributed by atoms with Gasteiger partial charge in [-0.15, -0.1) is 0 Å². The molecule has 0 aromatic heterocycles. The average molecular weight is 328 g/mol. The van der Waals surface area contributed by atoms with Crippen molar-refractivity contribution in [2.24, 2.45) is 11.7 Å². The molecule has 1 fully saturated rings. The van der Waals surface area contributed by atoms with Crippen molar-refractivity contribution >= 4 is 21.7 Å².